The van der Waals surface area contributed by atoms with E-state index in [1.54, 1.807) is 13.8 Å². The minimum Gasteiger partial charge on any atom is -0.290 e. The Balaban J connectivity index is 2.96. The van der Waals surface area contributed by atoms with Crippen molar-refractivity contribution in [3.63, 3.8) is 0 Å². The van der Waals surface area contributed by atoms with Gasteiger partial charge in [-0.05, 0) is 37.6 Å². The van der Waals surface area contributed by atoms with E-state index in [-0.39, 0.29) is 5.78 Å². The zero-order chi connectivity index (χ0) is 8.48. The number of allylic oxidation sites excluding steroid dienone is 2. The molecule has 1 atom stereocenters. The molecule has 0 aromatic carbocycles. The summed E-state index contributed by atoms with van der Waals surface area (Å²) in [7, 11) is 0. The van der Waals surface area contributed by atoms with Crippen molar-refractivity contribution in [1.29, 1.82) is 0 Å². The lowest BCUT2D eigenvalue weighted by atomic mass is 9.91. The summed E-state index contributed by atoms with van der Waals surface area (Å²) >= 11 is 0. The molecule has 11 heavy (non-hydrogen) atoms. The van der Waals surface area contributed by atoms with E-state index in [9.17, 15) is 4.79 Å². The number of hydrogen-bond donors (Lipinski definition) is 1. The number of carbonyl (C=O) groups is 1. The highest BCUT2D eigenvalue weighted by molar-refractivity contribution is 6.01. The summed E-state index contributed by atoms with van der Waals surface area (Å²) in [4.78, 5) is 15.0. The van der Waals surface area contributed by atoms with E-state index in [2.05, 4.69) is 4.89 Å². The van der Waals surface area contributed by atoms with Crippen LogP contribution >= 0.6 is 0 Å². The molecule has 0 bridgehead atoms. The molecule has 0 saturated heterocycles. The summed E-state index contributed by atoms with van der Waals surface area (Å²) in [5.41, 5.74) is -0.124. The Morgan fingerprint density at radius 1 is 1.64 bits per heavy atom. The molecule has 3 nitrogen and oxygen atoms in total. The minimum absolute atomic E-state index is 0.0722. The van der Waals surface area contributed by atoms with Crippen LogP contribution in [0, 0.1) is 0 Å². The first kappa shape index (κ1) is 8.17. The van der Waals surface area contributed by atoms with Crippen molar-refractivity contribution in [1.82, 2.24) is 0 Å². The fourth-order valence-corrected chi connectivity index (χ4v) is 0.880. The van der Waals surface area contributed by atoms with Crippen LogP contribution in [0.15, 0.2) is 23.8 Å². The molecule has 0 saturated carbocycles. The van der Waals surface area contributed by atoms with Crippen LogP contribution in [-0.2, 0) is 9.68 Å². The van der Waals surface area contributed by atoms with Crippen LogP contribution in [0.3, 0.4) is 0 Å². The van der Waals surface area contributed by atoms with Gasteiger partial charge in [-0.1, -0.05) is 0 Å². The van der Waals surface area contributed by atoms with E-state index in [4.69, 9.17) is 5.26 Å². The monoisotopic (exact) mass is 154 g/mol. The molecular formula is C8H10O3. The first-order chi connectivity index (χ1) is 5.08. The third kappa shape index (κ3) is 1.39. The normalized spacial score (nSPS) is 30.5. The standard InChI is InChI=1S/C8H10O3/c1-6-5-7(9)3-4-8(6,2)11-10/h3-5,10H,1-2H3. The second kappa shape index (κ2) is 2.60. The average molecular weight is 154 g/mol. The van der Waals surface area contributed by atoms with E-state index in [0.717, 1.165) is 0 Å². The van der Waals surface area contributed by atoms with Crippen molar-refractivity contribution in [2.75, 3.05) is 0 Å². The maximum Gasteiger partial charge on any atom is 0.178 e. The molecular weight excluding hydrogens is 144 g/mol. The fraction of sp³-hybridized carbons (Fsp3) is 0.375. The highest BCUT2D eigenvalue weighted by Gasteiger charge is 2.27. The van der Waals surface area contributed by atoms with Crippen molar-refractivity contribution in [2.45, 2.75) is 19.4 Å². The van der Waals surface area contributed by atoms with Crippen LogP contribution < -0.4 is 0 Å². The Kier molecular flexibility index (Phi) is 1.93. The van der Waals surface area contributed by atoms with Crippen molar-refractivity contribution in [2.24, 2.45) is 0 Å². The third-order valence-corrected chi connectivity index (χ3v) is 1.90. The van der Waals surface area contributed by atoms with E-state index < -0.39 is 5.60 Å². The number of rotatable bonds is 1. The van der Waals surface area contributed by atoms with Gasteiger partial charge in [-0.2, -0.15) is 0 Å². The molecule has 0 aliphatic heterocycles. The van der Waals surface area contributed by atoms with Gasteiger partial charge in [-0.3, -0.25) is 10.1 Å². The molecule has 3 heteroatoms. The van der Waals surface area contributed by atoms with Gasteiger partial charge in [0, 0.05) is 0 Å². The van der Waals surface area contributed by atoms with Gasteiger partial charge < -0.3 is 0 Å². The highest BCUT2D eigenvalue weighted by atomic mass is 17.1. The Morgan fingerprint density at radius 3 is 2.73 bits per heavy atom. The molecule has 0 spiro atoms. The summed E-state index contributed by atoms with van der Waals surface area (Å²) in [6.07, 6.45) is 4.35. The van der Waals surface area contributed by atoms with Crippen LogP contribution in [0.2, 0.25) is 0 Å². The van der Waals surface area contributed by atoms with Crippen LogP contribution in [-0.4, -0.2) is 16.6 Å². The lowest BCUT2D eigenvalue weighted by Gasteiger charge is -2.24. The first-order valence-electron chi connectivity index (χ1n) is 3.33. The molecule has 1 N–H and O–H groups in total. The average Bonchev–Trinajstić information content (AvgIpc) is 1.98. The summed E-state index contributed by atoms with van der Waals surface area (Å²) < 4.78 is 0. The molecule has 1 unspecified atom stereocenters. The zero-order valence-electron chi connectivity index (χ0n) is 6.50. The molecule has 0 aromatic rings. The Hall–Kier alpha value is -0.930. The zero-order valence-corrected chi connectivity index (χ0v) is 6.50. The molecule has 0 heterocycles. The van der Waals surface area contributed by atoms with Crippen LogP contribution in [0.1, 0.15) is 13.8 Å². The maximum absolute atomic E-state index is 10.8. The van der Waals surface area contributed by atoms with Crippen molar-refractivity contribution in [3.05, 3.63) is 23.8 Å². The summed E-state index contributed by atoms with van der Waals surface area (Å²) in [5.74, 6) is -0.0722. The van der Waals surface area contributed by atoms with Crippen LogP contribution in [0.25, 0.3) is 0 Å². The fourth-order valence-electron chi connectivity index (χ4n) is 0.880. The van der Waals surface area contributed by atoms with Gasteiger partial charge in [-0.15, -0.1) is 0 Å². The third-order valence-electron chi connectivity index (χ3n) is 1.90. The van der Waals surface area contributed by atoms with Gasteiger partial charge >= 0.3 is 0 Å². The minimum atomic E-state index is -0.825. The van der Waals surface area contributed by atoms with E-state index in [1.165, 1.54) is 18.2 Å². The molecule has 0 aromatic heterocycles. The van der Waals surface area contributed by atoms with Crippen LogP contribution in [0.5, 0.6) is 0 Å². The van der Waals surface area contributed by atoms with Crippen molar-refractivity contribution >= 4 is 5.78 Å². The second-order valence-corrected chi connectivity index (χ2v) is 2.76. The summed E-state index contributed by atoms with van der Waals surface area (Å²) in [6.45, 7) is 3.42. The highest BCUT2D eigenvalue weighted by Crippen LogP contribution is 2.24. The number of carbonyl (C=O) groups excluding carboxylic acids is 1. The molecule has 0 amide bonds. The number of ketones is 1. The second-order valence-electron chi connectivity index (χ2n) is 2.76. The van der Waals surface area contributed by atoms with Gasteiger partial charge in [-0.25, -0.2) is 4.89 Å². The van der Waals surface area contributed by atoms with E-state index in [0.29, 0.717) is 5.57 Å². The smallest absolute Gasteiger partial charge is 0.178 e. The lowest BCUT2D eigenvalue weighted by Crippen LogP contribution is -2.29. The summed E-state index contributed by atoms with van der Waals surface area (Å²) in [5, 5.41) is 8.50. The number of hydrogen-bond acceptors (Lipinski definition) is 3. The molecule has 1 rings (SSSR count). The molecule has 1 aliphatic carbocycles. The van der Waals surface area contributed by atoms with E-state index >= 15 is 0 Å². The predicted octanol–water partition coefficient (Wildman–Crippen LogP) is 1.32. The summed E-state index contributed by atoms with van der Waals surface area (Å²) in [6, 6.07) is 0. The van der Waals surface area contributed by atoms with Gasteiger partial charge in [0.25, 0.3) is 0 Å². The largest absolute Gasteiger partial charge is 0.290 e. The SMILES string of the molecule is CC1=CC(=O)C=CC1(C)OO. The Bertz CT molecular complexity index is 240. The van der Waals surface area contributed by atoms with Gasteiger partial charge in [0.15, 0.2) is 5.78 Å². The van der Waals surface area contributed by atoms with Gasteiger partial charge in [0.2, 0.25) is 0 Å². The van der Waals surface area contributed by atoms with Gasteiger partial charge in [0.1, 0.15) is 5.60 Å². The molecule has 60 valence electrons. The Labute approximate surface area is 64.9 Å². The van der Waals surface area contributed by atoms with Crippen molar-refractivity contribution < 1.29 is 14.9 Å². The van der Waals surface area contributed by atoms with Gasteiger partial charge in [0.05, 0.1) is 0 Å². The van der Waals surface area contributed by atoms with Crippen LogP contribution in [0.4, 0.5) is 0 Å². The molecule has 0 fully saturated rings. The molecule has 1 aliphatic rings. The molecule has 0 radical (unpaired) electrons. The Morgan fingerprint density at radius 2 is 2.27 bits per heavy atom. The first-order valence-corrected chi connectivity index (χ1v) is 3.33. The predicted molar refractivity (Wildman–Crippen MR) is 40.0 cm³/mol. The van der Waals surface area contributed by atoms with Crippen molar-refractivity contribution in [3.8, 4) is 0 Å². The quantitative estimate of drug-likeness (QED) is 0.457. The maximum atomic E-state index is 10.8. The lowest BCUT2D eigenvalue weighted by molar-refractivity contribution is -0.291. The van der Waals surface area contributed by atoms with E-state index in [1.807, 2.05) is 0 Å². The topological polar surface area (TPSA) is 46.5 Å².